The van der Waals surface area contributed by atoms with Crippen LogP contribution >= 0.6 is 0 Å². The molecule has 0 aliphatic carbocycles. The van der Waals surface area contributed by atoms with Crippen LogP contribution in [0.15, 0.2) is 0 Å². The average Bonchev–Trinajstić information content (AvgIpc) is 1.88. The van der Waals surface area contributed by atoms with Gasteiger partial charge in [0.1, 0.15) is 12.8 Å². The van der Waals surface area contributed by atoms with Crippen LogP contribution in [0.25, 0.3) is 0 Å². The summed E-state index contributed by atoms with van der Waals surface area (Å²) < 4.78 is 29.4. The summed E-state index contributed by atoms with van der Waals surface area (Å²) in [5.41, 5.74) is 0. The van der Waals surface area contributed by atoms with Crippen LogP contribution in [0.2, 0.25) is 0 Å². The second kappa shape index (κ2) is 2.80. The third-order valence-corrected chi connectivity index (χ3v) is 1.45. The van der Waals surface area contributed by atoms with Gasteiger partial charge in [-0.05, 0) is 6.42 Å². The van der Waals surface area contributed by atoms with Gasteiger partial charge in [-0.15, -0.1) is 0 Å². The molecule has 1 atom stereocenters. The van der Waals surface area contributed by atoms with E-state index in [1.807, 2.05) is 6.92 Å². The van der Waals surface area contributed by atoms with Crippen LogP contribution in [0.4, 0.5) is 8.78 Å². The Kier molecular flexibility index (Phi) is 2.21. The maximum absolute atomic E-state index is 12.3. The minimum Gasteiger partial charge on any atom is -0.357 e. The second-order valence-electron chi connectivity index (χ2n) is 2.44. The maximum Gasteiger partial charge on any atom is 0.283 e. The Hall–Kier alpha value is -0.220. The fourth-order valence-corrected chi connectivity index (χ4v) is 0.858. The maximum atomic E-state index is 12.3. The molecule has 1 fully saturated rings. The standard InChI is InChI=1S/C6H11F2NO/c1-2-5-9-3-6(7,8)4-10-5/h5,9H,2-4H2,1H3. The zero-order valence-corrected chi connectivity index (χ0v) is 5.86. The first-order chi connectivity index (χ1) is 4.64. The first kappa shape index (κ1) is 7.88. The monoisotopic (exact) mass is 151 g/mol. The van der Waals surface area contributed by atoms with Crippen molar-refractivity contribution < 1.29 is 13.5 Å². The number of ether oxygens (including phenoxy) is 1. The summed E-state index contributed by atoms with van der Waals surface area (Å²) in [6.45, 7) is 1.19. The lowest BCUT2D eigenvalue weighted by molar-refractivity contribution is -0.145. The van der Waals surface area contributed by atoms with Crippen molar-refractivity contribution in [3.8, 4) is 0 Å². The molecule has 0 amide bonds. The quantitative estimate of drug-likeness (QED) is 0.603. The molecule has 1 aliphatic rings. The summed E-state index contributed by atoms with van der Waals surface area (Å²) in [6.07, 6.45) is 0.551. The molecule has 0 aromatic heterocycles. The van der Waals surface area contributed by atoms with Gasteiger partial charge < -0.3 is 4.74 Å². The van der Waals surface area contributed by atoms with E-state index in [1.165, 1.54) is 0 Å². The SMILES string of the molecule is CCC1NCC(F)(F)CO1. The van der Waals surface area contributed by atoms with Gasteiger partial charge in [-0.2, -0.15) is 0 Å². The molecule has 0 spiro atoms. The van der Waals surface area contributed by atoms with E-state index in [0.29, 0.717) is 0 Å². The van der Waals surface area contributed by atoms with Crippen LogP contribution in [0, 0.1) is 0 Å². The molecule has 1 N–H and O–H groups in total. The minimum absolute atomic E-state index is 0.181. The Morgan fingerprint density at radius 1 is 1.70 bits per heavy atom. The Morgan fingerprint density at radius 3 is 2.80 bits per heavy atom. The van der Waals surface area contributed by atoms with Crippen molar-refractivity contribution in [3.05, 3.63) is 0 Å². The van der Waals surface area contributed by atoms with Crippen LogP contribution in [0.1, 0.15) is 13.3 Å². The third kappa shape index (κ3) is 1.88. The topological polar surface area (TPSA) is 21.3 Å². The lowest BCUT2D eigenvalue weighted by Gasteiger charge is -2.29. The smallest absolute Gasteiger partial charge is 0.283 e. The van der Waals surface area contributed by atoms with Gasteiger partial charge in [-0.25, -0.2) is 8.78 Å². The zero-order valence-electron chi connectivity index (χ0n) is 5.86. The number of alkyl halides is 2. The molecular formula is C6H11F2NO. The van der Waals surface area contributed by atoms with Crippen LogP contribution in [0.3, 0.4) is 0 Å². The lowest BCUT2D eigenvalue weighted by Crippen LogP contribution is -2.49. The molecular weight excluding hydrogens is 140 g/mol. The van der Waals surface area contributed by atoms with Gasteiger partial charge in [0.15, 0.2) is 0 Å². The zero-order chi connectivity index (χ0) is 7.61. The largest absolute Gasteiger partial charge is 0.357 e. The van der Waals surface area contributed by atoms with Crippen molar-refractivity contribution in [1.29, 1.82) is 0 Å². The Bertz CT molecular complexity index is 108. The predicted molar refractivity (Wildman–Crippen MR) is 33.0 cm³/mol. The summed E-state index contributed by atoms with van der Waals surface area (Å²) in [5, 5.41) is 2.59. The van der Waals surface area contributed by atoms with E-state index < -0.39 is 12.5 Å². The summed E-state index contributed by atoms with van der Waals surface area (Å²) in [5.74, 6) is -2.67. The molecule has 1 heterocycles. The molecule has 0 aromatic rings. The van der Waals surface area contributed by atoms with Crippen LogP contribution in [-0.2, 0) is 4.74 Å². The van der Waals surface area contributed by atoms with Crippen LogP contribution < -0.4 is 5.32 Å². The Morgan fingerprint density at radius 2 is 2.40 bits per heavy atom. The average molecular weight is 151 g/mol. The molecule has 60 valence electrons. The van der Waals surface area contributed by atoms with E-state index in [0.717, 1.165) is 6.42 Å². The first-order valence-corrected chi connectivity index (χ1v) is 3.37. The summed E-state index contributed by atoms with van der Waals surface area (Å²) in [4.78, 5) is 0. The molecule has 4 heteroatoms. The molecule has 10 heavy (non-hydrogen) atoms. The van der Waals surface area contributed by atoms with Gasteiger partial charge in [0.25, 0.3) is 5.92 Å². The number of hydrogen-bond acceptors (Lipinski definition) is 2. The molecule has 0 bridgehead atoms. The number of hydrogen-bond donors (Lipinski definition) is 1. The lowest BCUT2D eigenvalue weighted by atomic mass is 10.3. The molecule has 1 rings (SSSR count). The van der Waals surface area contributed by atoms with E-state index in [4.69, 9.17) is 4.74 Å². The Balaban J connectivity index is 2.31. The van der Waals surface area contributed by atoms with Crippen molar-refractivity contribution in [2.45, 2.75) is 25.5 Å². The molecule has 2 nitrogen and oxygen atoms in total. The fraction of sp³-hybridized carbons (Fsp3) is 1.00. The van der Waals surface area contributed by atoms with E-state index in [9.17, 15) is 8.78 Å². The molecule has 1 unspecified atom stereocenters. The highest BCUT2D eigenvalue weighted by Gasteiger charge is 2.34. The summed E-state index contributed by atoms with van der Waals surface area (Å²) in [6, 6.07) is 0. The van der Waals surface area contributed by atoms with Crippen molar-refractivity contribution in [2.75, 3.05) is 13.2 Å². The number of rotatable bonds is 1. The molecule has 1 saturated heterocycles. The number of nitrogens with one attached hydrogen (secondary N) is 1. The predicted octanol–water partition coefficient (Wildman–Crippen LogP) is 0.978. The van der Waals surface area contributed by atoms with Gasteiger partial charge >= 0.3 is 0 Å². The van der Waals surface area contributed by atoms with E-state index in [-0.39, 0.29) is 12.8 Å². The fourth-order valence-electron chi connectivity index (χ4n) is 0.858. The first-order valence-electron chi connectivity index (χ1n) is 3.37. The van der Waals surface area contributed by atoms with Gasteiger partial charge in [0, 0.05) is 0 Å². The summed E-state index contributed by atoms with van der Waals surface area (Å²) >= 11 is 0. The van der Waals surface area contributed by atoms with Crippen molar-refractivity contribution in [1.82, 2.24) is 5.32 Å². The number of halogens is 2. The highest BCUT2D eigenvalue weighted by atomic mass is 19.3. The molecule has 0 saturated carbocycles. The van der Waals surface area contributed by atoms with Gasteiger partial charge in [0.05, 0.1) is 6.54 Å². The van der Waals surface area contributed by atoms with Gasteiger partial charge in [-0.3, -0.25) is 5.32 Å². The molecule has 1 aliphatic heterocycles. The minimum atomic E-state index is -2.67. The summed E-state index contributed by atoms with van der Waals surface area (Å²) in [7, 11) is 0. The van der Waals surface area contributed by atoms with Gasteiger partial charge in [0.2, 0.25) is 0 Å². The van der Waals surface area contributed by atoms with Crippen LogP contribution in [-0.4, -0.2) is 25.3 Å². The molecule has 0 radical (unpaired) electrons. The van der Waals surface area contributed by atoms with Crippen LogP contribution in [0.5, 0.6) is 0 Å². The normalized spacial score (nSPS) is 32.1. The highest BCUT2D eigenvalue weighted by Crippen LogP contribution is 2.17. The van der Waals surface area contributed by atoms with Crippen molar-refractivity contribution in [3.63, 3.8) is 0 Å². The van der Waals surface area contributed by atoms with Gasteiger partial charge in [-0.1, -0.05) is 6.92 Å². The van der Waals surface area contributed by atoms with Crippen molar-refractivity contribution >= 4 is 0 Å². The third-order valence-electron chi connectivity index (χ3n) is 1.45. The van der Waals surface area contributed by atoms with Crippen molar-refractivity contribution in [2.24, 2.45) is 0 Å². The second-order valence-corrected chi connectivity index (χ2v) is 2.44. The highest BCUT2D eigenvalue weighted by molar-refractivity contribution is 4.75. The van der Waals surface area contributed by atoms with E-state index >= 15 is 0 Å². The molecule has 0 aromatic carbocycles. The van der Waals surface area contributed by atoms with E-state index in [2.05, 4.69) is 5.32 Å². The van der Waals surface area contributed by atoms with E-state index in [1.54, 1.807) is 0 Å². The Labute approximate surface area is 58.6 Å².